The Kier molecular flexibility index (Phi) is 46.0. The predicted molar refractivity (Wildman–Crippen MR) is 256 cm³/mol. The van der Waals surface area contributed by atoms with Gasteiger partial charge in [-0.1, -0.05) is 216 Å². The monoisotopic (exact) mass is 837 g/mol. The third kappa shape index (κ3) is 45.9. The first-order valence-corrected chi connectivity index (χ1v) is 24.9. The highest BCUT2D eigenvalue weighted by molar-refractivity contribution is 5.71. The Morgan fingerprint density at radius 1 is 0.350 bits per heavy atom. The lowest BCUT2D eigenvalue weighted by Crippen LogP contribution is -2.30. The molecule has 0 aromatic heterocycles. The maximum absolute atomic E-state index is 12.7. The van der Waals surface area contributed by atoms with Gasteiger partial charge in [0.25, 0.3) is 0 Å². The van der Waals surface area contributed by atoms with Gasteiger partial charge in [0.05, 0.1) is 0 Å². The van der Waals surface area contributed by atoms with Gasteiger partial charge < -0.3 is 14.2 Å². The van der Waals surface area contributed by atoms with Crippen LogP contribution < -0.4 is 0 Å². The van der Waals surface area contributed by atoms with Crippen LogP contribution >= 0.6 is 0 Å². The highest BCUT2D eigenvalue weighted by Crippen LogP contribution is 2.14. The van der Waals surface area contributed by atoms with E-state index < -0.39 is 6.10 Å². The molecule has 0 rings (SSSR count). The van der Waals surface area contributed by atoms with Crippen molar-refractivity contribution < 1.29 is 28.6 Å². The zero-order valence-corrected chi connectivity index (χ0v) is 39.2. The third-order valence-corrected chi connectivity index (χ3v) is 10.5. The fourth-order valence-corrected chi connectivity index (χ4v) is 6.74. The van der Waals surface area contributed by atoms with Gasteiger partial charge >= 0.3 is 17.9 Å². The molecule has 60 heavy (non-hydrogen) atoms. The first-order valence-electron chi connectivity index (χ1n) is 24.9. The Morgan fingerprint density at radius 2 is 0.650 bits per heavy atom. The van der Waals surface area contributed by atoms with Crippen molar-refractivity contribution in [3.63, 3.8) is 0 Å². The van der Waals surface area contributed by atoms with Crippen LogP contribution in [-0.2, 0) is 28.6 Å². The number of hydrogen-bond donors (Lipinski definition) is 0. The van der Waals surface area contributed by atoms with E-state index in [1.54, 1.807) is 0 Å². The molecular weight excluding hydrogens is 745 g/mol. The summed E-state index contributed by atoms with van der Waals surface area (Å²) in [5.74, 6) is -0.934. The standard InChI is InChI=1S/C54H92O6/c1-4-7-10-13-16-19-22-23-24-25-26-27-28-29-30-31-33-35-38-41-44-47-53(56)59-50-51(49-58-52(55)46-43-40-37-34-21-18-15-12-9-6-3)60-54(57)48-45-42-39-36-32-20-17-14-11-8-5-2/h7,10,16,19,23-24,26-27,29-30,33,35,51H,4-6,8-9,11-15,17-18,20-22,25,28,31-32,34,36-50H2,1-3H3/b10-7-,19-16-,24-23-,27-26-,30-29-,35-33-. The van der Waals surface area contributed by atoms with Crippen LogP contribution in [0.4, 0.5) is 0 Å². The van der Waals surface area contributed by atoms with Crippen molar-refractivity contribution in [3.05, 3.63) is 72.9 Å². The molecule has 0 saturated heterocycles. The van der Waals surface area contributed by atoms with E-state index in [-0.39, 0.29) is 31.1 Å². The summed E-state index contributed by atoms with van der Waals surface area (Å²) in [5.41, 5.74) is 0. The summed E-state index contributed by atoms with van der Waals surface area (Å²) in [6, 6.07) is 0. The molecule has 344 valence electrons. The van der Waals surface area contributed by atoms with Crippen LogP contribution in [0.5, 0.6) is 0 Å². The second-order valence-electron chi connectivity index (χ2n) is 16.4. The second-order valence-corrected chi connectivity index (χ2v) is 16.4. The molecular formula is C54H92O6. The van der Waals surface area contributed by atoms with Crippen LogP contribution in [0.3, 0.4) is 0 Å². The molecule has 1 atom stereocenters. The number of esters is 3. The van der Waals surface area contributed by atoms with Gasteiger partial charge in [0, 0.05) is 19.3 Å². The Hall–Kier alpha value is -3.15. The predicted octanol–water partition coefficient (Wildman–Crippen LogP) is 16.3. The molecule has 6 heteroatoms. The average molecular weight is 837 g/mol. The molecule has 0 heterocycles. The molecule has 0 aromatic carbocycles. The second kappa shape index (κ2) is 48.5. The lowest BCUT2D eigenvalue weighted by Gasteiger charge is -2.18. The Balaban J connectivity index is 4.39. The Morgan fingerprint density at radius 3 is 1.02 bits per heavy atom. The zero-order valence-electron chi connectivity index (χ0n) is 39.2. The van der Waals surface area contributed by atoms with E-state index in [1.807, 2.05) is 0 Å². The number of carbonyl (C=O) groups excluding carboxylic acids is 3. The van der Waals surface area contributed by atoms with E-state index in [9.17, 15) is 14.4 Å². The number of unbranched alkanes of at least 4 members (excludes halogenated alkanes) is 21. The SMILES string of the molecule is CC/C=C\C/C=C\C/C=C\C/C=C\C/C=C\C/C=C\CCCCC(=O)OCC(COC(=O)CCCCCCCCCCCC)OC(=O)CCCCCCCCCCCCC. The number of ether oxygens (including phenoxy) is 3. The zero-order chi connectivity index (χ0) is 43.7. The molecule has 0 N–H and O–H groups in total. The summed E-state index contributed by atoms with van der Waals surface area (Å²) < 4.78 is 16.7. The molecule has 6 nitrogen and oxygen atoms in total. The van der Waals surface area contributed by atoms with E-state index in [2.05, 4.69) is 93.7 Å². The van der Waals surface area contributed by atoms with Crippen molar-refractivity contribution in [1.82, 2.24) is 0 Å². The highest BCUT2D eigenvalue weighted by Gasteiger charge is 2.19. The first-order chi connectivity index (χ1) is 29.5. The molecule has 0 aliphatic rings. The van der Waals surface area contributed by atoms with Crippen molar-refractivity contribution >= 4 is 17.9 Å². The summed E-state index contributed by atoms with van der Waals surface area (Å²) in [6.45, 7) is 6.46. The van der Waals surface area contributed by atoms with Gasteiger partial charge in [0.1, 0.15) is 13.2 Å². The Labute approximate surface area is 370 Å². The number of hydrogen-bond acceptors (Lipinski definition) is 6. The summed E-state index contributed by atoms with van der Waals surface area (Å²) in [4.78, 5) is 37.8. The third-order valence-electron chi connectivity index (χ3n) is 10.5. The topological polar surface area (TPSA) is 78.9 Å². The fraction of sp³-hybridized carbons (Fsp3) is 0.722. The van der Waals surface area contributed by atoms with Crippen molar-refractivity contribution in [2.45, 2.75) is 239 Å². The van der Waals surface area contributed by atoms with Gasteiger partial charge in [0.2, 0.25) is 0 Å². The molecule has 1 unspecified atom stereocenters. The molecule has 0 radical (unpaired) electrons. The average Bonchev–Trinajstić information content (AvgIpc) is 3.24. The maximum Gasteiger partial charge on any atom is 0.306 e. The van der Waals surface area contributed by atoms with Crippen molar-refractivity contribution in [1.29, 1.82) is 0 Å². The van der Waals surface area contributed by atoms with Crippen LogP contribution in [0, 0.1) is 0 Å². The molecule has 0 spiro atoms. The van der Waals surface area contributed by atoms with E-state index in [0.717, 1.165) is 96.3 Å². The molecule has 0 bridgehead atoms. The minimum atomic E-state index is -0.787. The number of carbonyl (C=O) groups is 3. The summed E-state index contributed by atoms with van der Waals surface area (Å²) in [6.07, 6.45) is 60.3. The van der Waals surface area contributed by atoms with Crippen LogP contribution in [0.1, 0.15) is 233 Å². The minimum absolute atomic E-state index is 0.0868. The molecule has 0 amide bonds. The van der Waals surface area contributed by atoms with E-state index in [0.29, 0.717) is 19.3 Å². The number of allylic oxidation sites excluding steroid dienone is 12. The highest BCUT2D eigenvalue weighted by atomic mass is 16.6. The van der Waals surface area contributed by atoms with Gasteiger partial charge in [-0.25, -0.2) is 0 Å². The molecule has 0 aromatic rings. The quantitative estimate of drug-likeness (QED) is 0.0263. The first kappa shape index (κ1) is 56.9. The smallest absolute Gasteiger partial charge is 0.306 e. The number of rotatable bonds is 44. The minimum Gasteiger partial charge on any atom is -0.462 e. The van der Waals surface area contributed by atoms with Gasteiger partial charge in [-0.15, -0.1) is 0 Å². The lowest BCUT2D eigenvalue weighted by molar-refractivity contribution is -0.167. The Bertz CT molecular complexity index is 1140. The summed E-state index contributed by atoms with van der Waals surface area (Å²) >= 11 is 0. The van der Waals surface area contributed by atoms with Crippen molar-refractivity contribution in [2.75, 3.05) is 13.2 Å². The fourth-order valence-electron chi connectivity index (χ4n) is 6.74. The van der Waals surface area contributed by atoms with Crippen LogP contribution in [0.25, 0.3) is 0 Å². The largest absolute Gasteiger partial charge is 0.462 e. The van der Waals surface area contributed by atoms with Crippen molar-refractivity contribution in [3.8, 4) is 0 Å². The lowest BCUT2D eigenvalue weighted by atomic mass is 10.1. The van der Waals surface area contributed by atoms with Gasteiger partial charge in [-0.2, -0.15) is 0 Å². The summed E-state index contributed by atoms with van der Waals surface area (Å²) in [7, 11) is 0. The van der Waals surface area contributed by atoms with Crippen LogP contribution in [0.15, 0.2) is 72.9 Å². The van der Waals surface area contributed by atoms with E-state index in [1.165, 1.54) is 96.3 Å². The molecule has 0 aliphatic heterocycles. The molecule has 0 saturated carbocycles. The van der Waals surface area contributed by atoms with Gasteiger partial charge in [0.15, 0.2) is 6.10 Å². The van der Waals surface area contributed by atoms with E-state index >= 15 is 0 Å². The normalized spacial score (nSPS) is 12.7. The summed E-state index contributed by atoms with van der Waals surface area (Å²) in [5, 5.41) is 0. The van der Waals surface area contributed by atoms with Crippen LogP contribution in [0.2, 0.25) is 0 Å². The van der Waals surface area contributed by atoms with Gasteiger partial charge in [-0.3, -0.25) is 14.4 Å². The van der Waals surface area contributed by atoms with Gasteiger partial charge in [-0.05, 0) is 70.6 Å². The van der Waals surface area contributed by atoms with Crippen molar-refractivity contribution in [2.24, 2.45) is 0 Å². The molecule has 0 aliphatic carbocycles. The molecule has 0 fully saturated rings. The van der Waals surface area contributed by atoms with E-state index in [4.69, 9.17) is 14.2 Å². The maximum atomic E-state index is 12.7. The van der Waals surface area contributed by atoms with Crippen LogP contribution in [-0.4, -0.2) is 37.2 Å².